The minimum absolute atomic E-state index is 0.0504. The molecule has 2 rings (SSSR count). The fraction of sp³-hybridized carbons (Fsp3) is 0.250. The van der Waals surface area contributed by atoms with E-state index in [2.05, 4.69) is 0 Å². The fourth-order valence-electron chi connectivity index (χ4n) is 2.16. The van der Waals surface area contributed by atoms with E-state index in [9.17, 15) is 8.78 Å². The molecule has 0 saturated carbocycles. The molecular weight excluding hydrogens is 278 g/mol. The van der Waals surface area contributed by atoms with Gasteiger partial charge >= 0.3 is 5.97 Å². The van der Waals surface area contributed by atoms with Gasteiger partial charge in [0.15, 0.2) is 0 Å². The highest BCUT2D eigenvalue weighted by atomic mass is 19.1. The third-order valence-corrected chi connectivity index (χ3v) is 3.25. The second kappa shape index (κ2) is 5.52. The molecule has 21 heavy (non-hydrogen) atoms. The molecule has 0 saturated heterocycles. The first kappa shape index (κ1) is 15.6. The molecule has 0 heterocycles. The normalized spacial score (nSPS) is 12.0. The second-order valence-electron chi connectivity index (χ2n) is 5.23. The molecule has 0 radical (unpaired) electrons. The van der Waals surface area contributed by atoms with Crippen molar-refractivity contribution in [2.75, 3.05) is 0 Å². The van der Waals surface area contributed by atoms with Crippen LogP contribution in [0.15, 0.2) is 36.4 Å². The Morgan fingerprint density at radius 1 is 1.00 bits per heavy atom. The number of rotatable bonds is 3. The van der Waals surface area contributed by atoms with E-state index in [1.165, 1.54) is 6.07 Å². The van der Waals surface area contributed by atoms with Crippen LogP contribution in [-0.4, -0.2) is 15.3 Å². The highest BCUT2D eigenvalue weighted by Gasteiger charge is 2.24. The number of hydrogen-bond donors (Lipinski definition) is 3. The van der Waals surface area contributed by atoms with Crippen LogP contribution in [0.5, 0.6) is 0 Å². The molecule has 5 heteroatoms. The minimum atomic E-state index is -3.18. The Labute approximate surface area is 121 Å². The largest absolute Gasteiger partial charge is 0.340 e. The van der Waals surface area contributed by atoms with Crippen LogP contribution in [0.4, 0.5) is 8.78 Å². The van der Waals surface area contributed by atoms with Crippen molar-refractivity contribution in [3.63, 3.8) is 0 Å². The lowest BCUT2D eigenvalue weighted by Gasteiger charge is -2.17. The summed E-state index contributed by atoms with van der Waals surface area (Å²) in [7, 11) is 0. The average Bonchev–Trinajstić information content (AvgIpc) is 2.36. The summed E-state index contributed by atoms with van der Waals surface area (Å²) >= 11 is 0. The maximum atomic E-state index is 14.5. The molecule has 0 aliphatic rings. The Bertz CT molecular complexity index is 661. The Hall–Kier alpha value is -1.82. The molecule has 0 atom stereocenters. The first-order chi connectivity index (χ1) is 9.70. The van der Waals surface area contributed by atoms with Gasteiger partial charge in [-0.2, -0.15) is 0 Å². The standard InChI is InChI=1S/C16H16F2O3/c1-9(2)13-4-3-5-14(15(13)18)10-6-11(16(19,20)21)8-12(17)7-10/h3-9,19-21H,1-2H3. The summed E-state index contributed by atoms with van der Waals surface area (Å²) in [6, 6.07) is 7.71. The highest BCUT2D eigenvalue weighted by molar-refractivity contribution is 5.66. The molecule has 0 amide bonds. The quantitative estimate of drug-likeness (QED) is 0.763. The SMILES string of the molecule is CC(C)c1cccc(-c2cc(F)cc(C(O)(O)O)c2)c1F. The number of aliphatic hydroxyl groups is 3. The summed E-state index contributed by atoms with van der Waals surface area (Å²) in [5.74, 6) is -4.53. The van der Waals surface area contributed by atoms with Gasteiger partial charge in [0.25, 0.3) is 0 Å². The first-order valence-corrected chi connectivity index (χ1v) is 6.47. The van der Waals surface area contributed by atoms with Gasteiger partial charge in [-0.25, -0.2) is 8.78 Å². The first-order valence-electron chi connectivity index (χ1n) is 6.47. The predicted molar refractivity (Wildman–Crippen MR) is 74.2 cm³/mol. The van der Waals surface area contributed by atoms with Crippen LogP contribution < -0.4 is 0 Å². The number of halogens is 2. The summed E-state index contributed by atoms with van der Waals surface area (Å²) in [5, 5.41) is 27.4. The lowest BCUT2D eigenvalue weighted by Crippen LogP contribution is -2.24. The van der Waals surface area contributed by atoms with Crippen molar-refractivity contribution in [1.82, 2.24) is 0 Å². The van der Waals surface area contributed by atoms with Crippen molar-refractivity contribution < 1.29 is 24.1 Å². The fourth-order valence-corrected chi connectivity index (χ4v) is 2.16. The third kappa shape index (κ3) is 3.26. The van der Waals surface area contributed by atoms with Gasteiger partial charge in [0.2, 0.25) is 0 Å². The van der Waals surface area contributed by atoms with Gasteiger partial charge in [-0.15, -0.1) is 0 Å². The second-order valence-corrected chi connectivity index (χ2v) is 5.23. The maximum absolute atomic E-state index is 14.5. The van der Waals surface area contributed by atoms with Crippen molar-refractivity contribution in [1.29, 1.82) is 0 Å². The van der Waals surface area contributed by atoms with Gasteiger partial charge in [-0.1, -0.05) is 32.0 Å². The highest BCUT2D eigenvalue weighted by Crippen LogP contribution is 2.31. The van der Waals surface area contributed by atoms with Gasteiger partial charge in [0.1, 0.15) is 11.6 Å². The lowest BCUT2D eigenvalue weighted by molar-refractivity contribution is -0.323. The molecule has 0 aliphatic carbocycles. The van der Waals surface area contributed by atoms with Crippen molar-refractivity contribution in [2.45, 2.75) is 25.7 Å². The monoisotopic (exact) mass is 294 g/mol. The van der Waals surface area contributed by atoms with Crippen molar-refractivity contribution in [3.8, 4) is 11.1 Å². The topological polar surface area (TPSA) is 60.7 Å². The molecule has 2 aromatic rings. The number of hydrogen-bond acceptors (Lipinski definition) is 3. The molecule has 0 spiro atoms. The zero-order chi connectivity index (χ0) is 15.8. The maximum Gasteiger partial charge on any atom is 0.304 e. The van der Waals surface area contributed by atoms with E-state index in [1.54, 1.807) is 12.1 Å². The van der Waals surface area contributed by atoms with Crippen LogP contribution >= 0.6 is 0 Å². The van der Waals surface area contributed by atoms with Gasteiger partial charge in [-0.3, -0.25) is 0 Å². The summed E-state index contributed by atoms with van der Waals surface area (Å²) < 4.78 is 28.0. The molecule has 0 bridgehead atoms. The van der Waals surface area contributed by atoms with Crippen LogP contribution in [0.2, 0.25) is 0 Å². The number of benzene rings is 2. The Morgan fingerprint density at radius 2 is 1.67 bits per heavy atom. The zero-order valence-electron chi connectivity index (χ0n) is 11.6. The zero-order valence-corrected chi connectivity index (χ0v) is 11.6. The minimum Gasteiger partial charge on any atom is -0.340 e. The van der Waals surface area contributed by atoms with E-state index >= 15 is 0 Å². The summed E-state index contributed by atoms with van der Waals surface area (Å²) in [6.45, 7) is 3.67. The van der Waals surface area contributed by atoms with E-state index in [1.807, 2.05) is 13.8 Å². The van der Waals surface area contributed by atoms with Crippen LogP contribution in [0, 0.1) is 11.6 Å². The van der Waals surface area contributed by atoms with E-state index in [0.717, 1.165) is 18.2 Å². The summed E-state index contributed by atoms with van der Waals surface area (Å²) in [4.78, 5) is 0. The van der Waals surface area contributed by atoms with Crippen molar-refractivity contribution >= 4 is 0 Å². The Kier molecular flexibility index (Phi) is 4.09. The molecule has 3 N–H and O–H groups in total. The summed E-state index contributed by atoms with van der Waals surface area (Å²) in [5.41, 5.74) is 0.256. The third-order valence-electron chi connectivity index (χ3n) is 3.25. The van der Waals surface area contributed by atoms with Gasteiger partial charge < -0.3 is 15.3 Å². The Balaban J connectivity index is 2.63. The molecule has 0 unspecified atom stereocenters. The smallest absolute Gasteiger partial charge is 0.304 e. The molecule has 0 fully saturated rings. The van der Waals surface area contributed by atoms with Gasteiger partial charge in [0.05, 0.1) is 0 Å². The van der Waals surface area contributed by atoms with E-state index in [4.69, 9.17) is 15.3 Å². The molecule has 2 aromatic carbocycles. The molecule has 112 valence electrons. The molecule has 0 aliphatic heterocycles. The van der Waals surface area contributed by atoms with Crippen molar-refractivity contribution in [3.05, 3.63) is 59.2 Å². The molecular formula is C16H16F2O3. The van der Waals surface area contributed by atoms with E-state index in [0.29, 0.717) is 5.56 Å². The average molecular weight is 294 g/mol. The Morgan fingerprint density at radius 3 is 2.24 bits per heavy atom. The van der Waals surface area contributed by atoms with Crippen LogP contribution in [0.3, 0.4) is 0 Å². The lowest BCUT2D eigenvalue weighted by atomic mass is 9.95. The van der Waals surface area contributed by atoms with Gasteiger partial charge in [0, 0.05) is 11.1 Å². The van der Waals surface area contributed by atoms with Crippen molar-refractivity contribution in [2.24, 2.45) is 0 Å². The van der Waals surface area contributed by atoms with Crippen LogP contribution in [0.25, 0.3) is 11.1 Å². The van der Waals surface area contributed by atoms with Crippen LogP contribution in [-0.2, 0) is 5.97 Å². The molecule has 3 nitrogen and oxygen atoms in total. The van der Waals surface area contributed by atoms with E-state index < -0.39 is 23.2 Å². The summed E-state index contributed by atoms with van der Waals surface area (Å²) in [6.07, 6.45) is 0. The van der Waals surface area contributed by atoms with Gasteiger partial charge in [-0.05, 0) is 35.2 Å². The van der Waals surface area contributed by atoms with Crippen LogP contribution in [0.1, 0.15) is 30.9 Å². The molecule has 0 aromatic heterocycles. The predicted octanol–water partition coefficient (Wildman–Crippen LogP) is 2.84. The van der Waals surface area contributed by atoms with E-state index in [-0.39, 0.29) is 17.0 Å².